The first-order valence-electron chi connectivity index (χ1n) is 7.34. The van der Waals surface area contributed by atoms with Crippen LogP contribution in [0.4, 0.5) is 0 Å². The standard InChI is InChI=1S/C16H19NO5/c1-3-20-7-10-8-21-14-4-11-13(5-15(14)22-10)17-6-12(9(2)18)16(11)19/h4-6,9-10,18H,3,7-8H2,1-2H3,(H,17,19). The molecule has 2 atom stereocenters. The van der Waals surface area contributed by atoms with Gasteiger partial charge in [0.05, 0.1) is 18.2 Å². The second-order valence-electron chi connectivity index (χ2n) is 5.30. The number of benzene rings is 1. The molecule has 0 saturated heterocycles. The van der Waals surface area contributed by atoms with Crippen molar-refractivity contribution in [1.82, 2.24) is 4.98 Å². The molecular formula is C16H19NO5. The summed E-state index contributed by atoms with van der Waals surface area (Å²) in [6.07, 6.45) is 0.550. The predicted molar refractivity (Wildman–Crippen MR) is 81.6 cm³/mol. The van der Waals surface area contributed by atoms with Crippen molar-refractivity contribution in [3.05, 3.63) is 34.1 Å². The van der Waals surface area contributed by atoms with Gasteiger partial charge in [-0.15, -0.1) is 0 Å². The highest BCUT2D eigenvalue weighted by Crippen LogP contribution is 2.34. The van der Waals surface area contributed by atoms with E-state index in [-0.39, 0.29) is 11.5 Å². The first-order chi connectivity index (χ1) is 10.6. The molecule has 6 heteroatoms. The summed E-state index contributed by atoms with van der Waals surface area (Å²) < 4.78 is 16.9. The van der Waals surface area contributed by atoms with E-state index in [1.54, 1.807) is 19.1 Å². The van der Waals surface area contributed by atoms with Crippen molar-refractivity contribution >= 4 is 10.9 Å². The zero-order valence-electron chi connectivity index (χ0n) is 12.6. The monoisotopic (exact) mass is 305 g/mol. The van der Waals surface area contributed by atoms with E-state index in [1.807, 2.05) is 6.92 Å². The van der Waals surface area contributed by atoms with Crippen LogP contribution in [0.1, 0.15) is 25.5 Å². The molecule has 0 radical (unpaired) electrons. The molecule has 118 valence electrons. The van der Waals surface area contributed by atoms with E-state index in [1.165, 1.54) is 6.20 Å². The van der Waals surface area contributed by atoms with Crippen molar-refractivity contribution in [2.24, 2.45) is 0 Å². The molecule has 1 aromatic heterocycles. The molecule has 0 spiro atoms. The van der Waals surface area contributed by atoms with Gasteiger partial charge in [0.25, 0.3) is 0 Å². The van der Waals surface area contributed by atoms with Crippen LogP contribution in [0.25, 0.3) is 10.9 Å². The number of aromatic nitrogens is 1. The molecule has 2 heterocycles. The largest absolute Gasteiger partial charge is 0.486 e. The van der Waals surface area contributed by atoms with Crippen LogP contribution in [-0.4, -0.2) is 36.0 Å². The maximum Gasteiger partial charge on any atom is 0.195 e. The Labute approximate surface area is 127 Å². The fourth-order valence-corrected chi connectivity index (χ4v) is 2.49. The van der Waals surface area contributed by atoms with E-state index < -0.39 is 6.10 Å². The minimum Gasteiger partial charge on any atom is -0.486 e. The average Bonchev–Trinajstić information content (AvgIpc) is 2.51. The lowest BCUT2D eigenvalue weighted by Gasteiger charge is -2.26. The number of ether oxygens (including phenoxy) is 3. The third-order valence-electron chi connectivity index (χ3n) is 3.65. The fourth-order valence-electron chi connectivity index (χ4n) is 2.49. The van der Waals surface area contributed by atoms with Crippen LogP contribution in [0.5, 0.6) is 11.5 Å². The average molecular weight is 305 g/mol. The van der Waals surface area contributed by atoms with E-state index in [2.05, 4.69) is 4.98 Å². The summed E-state index contributed by atoms with van der Waals surface area (Å²) in [6, 6.07) is 3.41. The summed E-state index contributed by atoms with van der Waals surface area (Å²) in [5, 5.41) is 10.1. The number of hydrogen-bond donors (Lipinski definition) is 2. The molecule has 2 aromatic rings. The van der Waals surface area contributed by atoms with Crippen LogP contribution in [-0.2, 0) is 4.74 Å². The molecule has 1 aromatic carbocycles. The number of rotatable bonds is 4. The number of nitrogens with one attached hydrogen (secondary N) is 1. The predicted octanol–water partition coefficient (Wildman–Crippen LogP) is 1.76. The van der Waals surface area contributed by atoms with Crippen molar-refractivity contribution in [3.8, 4) is 11.5 Å². The van der Waals surface area contributed by atoms with Gasteiger partial charge in [-0.25, -0.2) is 0 Å². The van der Waals surface area contributed by atoms with Gasteiger partial charge in [-0.3, -0.25) is 4.79 Å². The first-order valence-corrected chi connectivity index (χ1v) is 7.34. The van der Waals surface area contributed by atoms with Gasteiger partial charge in [0, 0.05) is 29.8 Å². The topological polar surface area (TPSA) is 80.8 Å². The van der Waals surface area contributed by atoms with Crippen molar-refractivity contribution in [3.63, 3.8) is 0 Å². The maximum atomic E-state index is 12.4. The second kappa shape index (κ2) is 5.98. The SMILES string of the molecule is CCOCC1COc2cc3c(=O)c(C(C)O)c[nH]c3cc2O1. The summed E-state index contributed by atoms with van der Waals surface area (Å²) in [6.45, 7) is 4.96. The minimum absolute atomic E-state index is 0.159. The number of H-pyrrole nitrogens is 1. The molecule has 0 bridgehead atoms. The number of aromatic amines is 1. The van der Waals surface area contributed by atoms with Crippen LogP contribution in [0.3, 0.4) is 0 Å². The van der Waals surface area contributed by atoms with Gasteiger partial charge in [0.1, 0.15) is 6.61 Å². The van der Waals surface area contributed by atoms with Gasteiger partial charge < -0.3 is 24.3 Å². The zero-order valence-corrected chi connectivity index (χ0v) is 12.6. The molecule has 0 saturated carbocycles. The Hall–Kier alpha value is -2.05. The highest BCUT2D eigenvalue weighted by Gasteiger charge is 2.23. The van der Waals surface area contributed by atoms with E-state index in [9.17, 15) is 9.90 Å². The van der Waals surface area contributed by atoms with Crippen LogP contribution in [0.2, 0.25) is 0 Å². The van der Waals surface area contributed by atoms with E-state index >= 15 is 0 Å². The van der Waals surface area contributed by atoms with Crippen LogP contribution < -0.4 is 14.9 Å². The zero-order chi connectivity index (χ0) is 15.7. The van der Waals surface area contributed by atoms with Gasteiger partial charge in [0.15, 0.2) is 23.0 Å². The summed E-state index contributed by atoms with van der Waals surface area (Å²) >= 11 is 0. The molecular weight excluding hydrogens is 286 g/mol. The van der Waals surface area contributed by atoms with Gasteiger partial charge in [-0.2, -0.15) is 0 Å². The molecule has 3 rings (SSSR count). The molecule has 22 heavy (non-hydrogen) atoms. The summed E-state index contributed by atoms with van der Waals surface area (Å²) in [4.78, 5) is 15.4. The second-order valence-corrected chi connectivity index (χ2v) is 5.30. The first kappa shape index (κ1) is 14.9. The minimum atomic E-state index is -0.822. The normalized spacial score (nSPS) is 18.4. The Bertz CT molecular complexity index is 737. The summed E-state index contributed by atoms with van der Waals surface area (Å²) in [5.41, 5.74) is 0.777. The van der Waals surface area contributed by atoms with E-state index in [0.717, 1.165) is 0 Å². The molecule has 0 amide bonds. The van der Waals surface area contributed by atoms with Gasteiger partial charge in [0.2, 0.25) is 0 Å². The van der Waals surface area contributed by atoms with Gasteiger partial charge >= 0.3 is 0 Å². The molecule has 1 aliphatic heterocycles. The van der Waals surface area contributed by atoms with Crippen LogP contribution in [0, 0.1) is 0 Å². The Kier molecular flexibility index (Phi) is 4.04. The Morgan fingerprint density at radius 1 is 1.45 bits per heavy atom. The lowest BCUT2D eigenvalue weighted by Crippen LogP contribution is -2.33. The number of fused-ring (bicyclic) bond motifs is 2. The van der Waals surface area contributed by atoms with Gasteiger partial charge in [-0.1, -0.05) is 0 Å². The molecule has 6 nitrogen and oxygen atoms in total. The number of aliphatic hydroxyl groups is 1. The summed E-state index contributed by atoms with van der Waals surface area (Å²) in [5.74, 6) is 1.12. The van der Waals surface area contributed by atoms with Crippen molar-refractivity contribution in [2.45, 2.75) is 26.1 Å². The Morgan fingerprint density at radius 2 is 2.27 bits per heavy atom. The number of hydrogen-bond acceptors (Lipinski definition) is 5. The molecule has 1 aliphatic rings. The highest BCUT2D eigenvalue weighted by atomic mass is 16.6. The van der Waals surface area contributed by atoms with Crippen molar-refractivity contribution < 1.29 is 19.3 Å². The highest BCUT2D eigenvalue weighted by molar-refractivity contribution is 5.83. The fraction of sp³-hybridized carbons (Fsp3) is 0.438. The molecule has 0 fully saturated rings. The van der Waals surface area contributed by atoms with Crippen molar-refractivity contribution in [1.29, 1.82) is 0 Å². The lowest BCUT2D eigenvalue weighted by atomic mass is 10.1. The van der Waals surface area contributed by atoms with Crippen LogP contribution in [0.15, 0.2) is 23.1 Å². The smallest absolute Gasteiger partial charge is 0.195 e. The van der Waals surface area contributed by atoms with E-state index in [0.29, 0.717) is 47.8 Å². The molecule has 2 unspecified atom stereocenters. The summed E-state index contributed by atoms with van der Waals surface area (Å²) in [7, 11) is 0. The third kappa shape index (κ3) is 2.67. The quantitative estimate of drug-likeness (QED) is 0.899. The van der Waals surface area contributed by atoms with Crippen molar-refractivity contribution in [2.75, 3.05) is 19.8 Å². The third-order valence-corrected chi connectivity index (χ3v) is 3.65. The maximum absolute atomic E-state index is 12.4. The lowest BCUT2D eigenvalue weighted by molar-refractivity contribution is 0.0129. The number of aliphatic hydroxyl groups excluding tert-OH is 1. The molecule has 0 aliphatic carbocycles. The van der Waals surface area contributed by atoms with E-state index in [4.69, 9.17) is 14.2 Å². The molecule has 2 N–H and O–H groups in total. The van der Waals surface area contributed by atoms with Crippen LogP contribution >= 0.6 is 0 Å². The van der Waals surface area contributed by atoms with Gasteiger partial charge in [-0.05, 0) is 19.9 Å². The Morgan fingerprint density at radius 3 is 3.00 bits per heavy atom. The number of pyridine rings is 1. The Balaban J connectivity index is 1.99.